The summed E-state index contributed by atoms with van der Waals surface area (Å²) in [6.45, 7) is 0.255. The Morgan fingerprint density at radius 1 is 1.07 bits per heavy atom. The monoisotopic (exact) mass is 381 g/mol. The van der Waals surface area contributed by atoms with Crippen LogP contribution < -0.4 is 16.4 Å². The van der Waals surface area contributed by atoms with Crippen LogP contribution in [0.1, 0.15) is 24.5 Å². The average Bonchev–Trinajstić information content (AvgIpc) is 3.39. The minimum absolute atomic E-state index is 0.156. The summed E-state index contributed by atoms with van der Waals surface area (Å²) >= 11 is 0. The third-order valence-electron chi connectivity index (χ3n) is 4.44. The van der Waals surface area contributed by atoms with E-state index in [1.165, 1.54) is 21.5 Å². The predicted octanol–water partition coefficient (Wildman–Crippen LogP) is -0.320. The van der Waals surface area contributed by atoms with Gasteiger partial charge in [0.05, 0.1) is 12.2 Å². The molecule has 1 fully saturated rings. The van der Waals surface area contributed by atoms with Crippen LogP contribution in [-0.4, -0.2) is 41.6 Å². The Bertz CT molecular complexity index is 1100. The molecule has 1 aliphatic carbocycles. The summed E-state index contributed by atoms with van der Waals surface area (Å²) in [7, 11) is 0. The Labute approximate surface area is 159 Å². The Morgan fingerprint density at radius 2 is 1.86 bits per heavy atom. The highest BCUT2D eigenvalue weighted by molar-refractivity contribution is 5.75. The topological polar surface area (TPSA) is 117 Å². The minimum Gasteiger partial charge on any atom is -0.353 e. The fourth-order valence-corrected chi connectivity index (χ4v) is 2.80. The number of hydrogen-bond acceptors (Lipinski definition) is 6. The van der Waals surface area contributed by atoms with E-state index in [2.05, 4.69) is 20.5 Å². The first-order chi connectivity index (χ1) is 13.6. The van der Waals surface area contributed by atoms with Crippen LogP contribution in [0.4, 0.5) is 0 Å². The van der Waals surface area contributed by atoms with E-state index in [9.17, 15) is 14.4 Å². The minimum atomic E-state index is -0.346. The molecule has 0 aliphatic heterocycles. The van der Waals surface area contributed by atoms with Crippen LogP contribution in [-0.2, 0) is 17.9 Å². The molecule has 1 saturated carbocycles. The largest absolute Gasteiger partial charge is 0.353 e. The molecule has 0 atom stereocenters. The zero-order valence-electron chi connectivity index (χ0n) is 15.1. The molecular formula is C18H19N7O3. The van der Waals surface area contributed by atoms with Gasteiger partial charge in [0.25, 0.3) is 11.1 Å². The number of hydrogen-bond donors (Lipinski definition) is 1. The van der Waals surface area contributed by atoms with Crippen LogP contribution in [0.25, 0.3) is 5.82 Å². The second-order valence-electron chi connectivity index (χ2n) is 6.60. The van der Waals surface area contributed by atoms with E-state index >= 15 is 0 Å². The van der Waals surface area contributed by atoms with Crippen molar-refractivity contribution in [3.8, 4) is 5.82 Å². The number of carbonyl (C=O) groups excluding carboxylic acids is 1. The van der Waals surface area contributed by atoms with Crippen molar-refractivity contribution >= 4 is 5.91 Å². The summed E-state index contributed by atoms with van der Waals surface area (Å²) in [5.41, 5.74) is 0.262. The zero-order valence-corrected chi connectivity index (χ0v) is 15.1. The van der Waals surface area contributed by atoms with Gasteiger partial charge in [0.1, 0.15) is 12.9 Å². The van der Waals surface area contributed by atoms with Crippen molar-refractivity contribution in [1.29, 1.82) is 0 Å². The Hall–Kier alpha value is -3.56. The third kappa shape index (κ3) is 4.05. The number of rotatable bonds is 7. The number of carbonyl (C=O) groups is 1. The van der Waals surface area contributed by atoms with E-state index in [0.717, 1.165) is 18.5 Å². The van der Waals surface area contributed by atoms with Crippen LogP contribution in [0.3, 0.4) is 0 Å². The number of imidazole rings is 1. The van der Waals surface area contributed by atoms with E-state index in [-0.39, 0.29) is 36.7 Å². The first-order valence-electron chi connectivity index (χ1n) is 9.01. The van der Waals surface area contributed by atoms with Gasteiger partial charge in [-0.1, -0.05) is 0 Å². The average molecular weight is 381 g/mol. The van der Waals surface area contributed by atoms with Crippen molar-refractivity contribution in [1.82, 2.24) is 34.4 Å². The third-order valence-corrected chi connectivity index (χ3v) is 4.44. The highest BCUT2D eigenvalue weighted by atomic mass is 16.2. The maximum absolute atomic E-state index is 12.2. The summed E-state index contributed by atoms with van der Waals surface area (Å²) in [4.78, 5) is 40.0. The highest BCUT2D eigenvalue weighted by Gasteiger charge is 2.25. The van der Waals surface area contributed by atoms with Gasteiger partial charge in [-0.05, 0) is 25.0 Å². The molecule has 1 amide bonds. The molecule has 0 aromatic carbocycles. The van der Waals surface area contributed by atoms with Crippen molar-refractivity contribution in [3.05, 3.63) is 69.4 Å². The van der Waals surface area contributed by atoms with Crippen LogP contribution >= 0.6 is 0 Å². The van der Waals surface area contributed by atoms with Gasteiger partial charge in [-0.25, -0.2) is 14.3 Å². The molecule has 0 saturated heterocycles. The summed E-state index contributed by atoms with van der Waals surface area (Å²) < 4.78 is 4.13. The van der Waals surface area contributed by atoms with Crippen LogP contribution in [0, 0.1) is 0 Å². The lowest BCUT2D eigenvalue weighted by atomic mass is 10.3. The number of nitrogens with zero attached hydrogens (tertiary/aromatic N) is 6. The predicted molar refractivity (Wildman–Crippen MR) is 99.1 cm³/mol. The molecule has 0 unspecified atom stereocenters. The molecule has 3 aromatic heterocycles. The van der Waals surface area contributed by atoms with E-state index in [4.69, 9.17) is 0 Å². The Balaban J connectivity index is 1.36. The number of nitrogens with one attached hydrogen (secondary N) is 1. The highest BCUT2D eigenvalue weighted by Crippen LogP contribution is 2.38. The molecular weight excluding hydrogens is 362 g/mol. The second-order valence-corrected chi connectivity index (χ2v) is 6.60. The summed E-state index contributed by atoms with van der Waals surface area (Å²) in [6, 6.07) is 6.18. The molecule has 0 bridgehead atoms. The van der Waals surface area contributed by atoms with Gasteiger partial charge in [0.15, 0.2) is 5.82 Å². The van der Waals surface area contributed by atoms with Crippen LogP contribution in [0.15, 0.2) is 52.6 Å². The zero-order chi connectivity index (χ0) is 19.5. The van der Waals surface area contributed by atoms with Gasteiger partial charge in [0, 0.05) is 37.0 Å². The first-order valence-corrected chi connectivity index (χ1v) is 9.01. The fourth-order valence-electron chi connectivity index (χ4n) is 2.80. The maximum atomic E-state index is 12.2. The lowest BCUT2D eigenvalue weighted by Crippen LogP contribution is -2.36. The molecule has 0 spiro atoms. The molecule has 3 heterocycles. The van der Waals surface area contributed by atoms with Gasteiger partial charge in [-0.15, -0.1) is 0 Å². The molecule has 1 N–H and O–H groups in total. The molecule has 1 aliphatic rings. The number of amides is 1. The van der Waals surface area contributed by atoms with E-state index in [0.29, 0.717) is 11.7 Å². The van der Waals surface area contributed by atoms with Gasteiger partial charge < -0.3 is 5.32 Å². The van der Waals surface area contributed by atoms with Crippen molar-refractivity contribution in [2.45, 2.75) is 31.8 Å². The summed E-state index contributed by atoms with van der Waals surface area (Å²) in [6.07, 6.45) is 7.05. The lowest BCUT2D eigenvalue weighted by molar-refractivity contribution is -0.121. The quantitative estimate of drug-likeness (QED) is 0.599. The summed E-state index contributed by atoms with van der Waals surface area (Å²) in [5.74, 6) is 0.605. The van der Waals surface area contributed by atoms with Crippen molar-refractivity contribution in [3.63, 3.8) is 0 Å². The standard InChI is InChI=1S/C18H19N7O3/c26-16(11-25-18(28)5-3-14(21-25)13-1-2-13)20-8-10-24-17(27)6-4-15(22-24)23-9-7-19-12-23/h3-7,9,12-13H,1-2,8,10-11H2,(H,20,26). The lowest BCUT2D eigenvalue weighted by Gasteiger charge is -2.09. The van der Waals surface area contributed by atoms with E-state index in [1.807, 2.05) is 0 Å². The van der Waals surface area contributed by atoms with E-state index < -0.39 is 0 Å². The van der Waals surface area contributed by atoms with Gasteiger partial charge in [-0.3, -0.25) is 19.0 Å². The molecule has 4 rings (SSSR count). The smallest absolute Gasteiger partial charge is 0.267 e. The van der Waals surface area contributed by atoms with Gasteiger partial charge in [0.2, 0.25) is 5.91 Å². The van der Waals surface area contributed by atoms with Crippen LogP contribution in [0.5, 0.6) is 0 Å². The second kappa shape index (κ2) is 7.59. The molecule has 0 radical (unpaired) electrons. The van der Waals surface area contributed by atoms with Crippen molar-refractivity contribution in [2.75, 3.05) is 6.54 Å². The van der Waals surface area contributed by atoms with E-state index in [1.54, 1.807) is 35.4 Å². The molecule has 144 valence electrons. The first kappa shape index (κ1) is 17.8. The van der Waals surface area contributed by atoms with Crippen LogP contribution in [0.2, 0.25) is 0 Å². The Morgan fingerprint density at radius 3 is 2.61 bits per heavy atom. The fraction of sp³-hybridized carbons (Fsp3) is 0.333. The SMILES string of the molecule is O=C(Cn1nc(C2CC2)ccc1=O)NCCn1nc(-n2ccnc2)ccc1=O. The van der Waals surface area contributed by atoms with Gasteiger partial charge >= 0.3 is 0 Å². The maximum Gasteiger partial charge on any atom is 0.267 e. The molecule has 10 heteroatoms. The normalized spacial score (nSPS) is 13.4. The Kier molecular flexibility index (Phi) is 4.83. The summed E-state index contributed by atoms with van der Waals surface area (Å²) in [5, 5.41) is 11.2. The van der Waals surface area contributed by atoms with Crippen molar-refractivity contribution < 1.29 is 4.79 Å². The number of aromatic nitrogens is 6. The van der Waals surface area contributed by atoms with Gasteiger partial charge in [-0.2, -0.15) is 10.2 Å². The molecule has 3 aromatic rings. The molecule has 28 heavy (non-hydrogen) atoms. The molecule has 10 nitrogen and oxygen atoms in total. The van der Waals surface area contributed by atoms with Crippen molar-refractivity contribution in [2.24, 2.45) is 0 Å².